The highest BCUT2D eigenvalue weighted by atomic mass is 32.2. The summed E-state index contributed by atoms with van der Waals surface area (Å²) in [5, 5.41) is 16.9. The minimum Gasteiger partial charge on any atom is -0.355 e. The molecule has 11 heavy (non-hydrogen) atoms. The number of hydrogen-bond acceptors (Lipinski definition) is 4. The van der Waals surface area contributed by atoms with Crippen molar-refractivity contribution in [3.63, 3.8) is 0 Å². The quantitative estimate of drug-likeness (QED) is 0.544. The Kier molecular flexibility index (Phi) is 3.95. The molecule has 0 atom stereocenters. The highest BCUT2D eigenvalue weighted by Gasteiger charge is 2.25. The molecule has 2 N–H and O–H groups in total. The van der Waals surface area contributed by atoms with E-state index in [1.807, 2.05) is 0 Å². The van der Waals surface area contributed by atoms with Gasteiger partial charge in [0.1, 0.15) is 0 Å². The number of rotatable bonds is 4. The maximum Gasteiger partial charge on any atom is 0.273 e. The topological polar surface area (TPSA) is 77.8 Å². The lowest BCUT2D eigenvalue weighted by atomic mass is 10.7. The van der Waals surface area contributed by atoms with Gasteiger partial charge in [-0.25, -0.2) is 8.42 Å². The van der Waals surface area contributed by atoms with E-state index in [2.05, 4.69) is 0 Å². The Balaban J connectivity index is 4.53. The van der Waals surface area contributed by atoms with Gasteiger partial charge in [-0.05, 0) is 0 Å². The Hall–Kier alpha value is -0.170. The number of sulfonamides is 1. The molecule has 0 aliphatic heterocycles. The molecule has 0 aromatic heterocycles. The zero-order valence-electron chi connectivity index (χ0n) is 6.56. The molecule has 6 heteroatoms. The predicted molar refractivity (Wildman–Crippen MR) is 40.1 cm³/mol. The Bertz CT molecular complexity index is 195. The first-order chi connectivity index (χ1) is 4.96. The van der Waals surface area contributed by atoms with Crippen molar-refractivity contribution < 1.29 is 18.6 Å². The van der Waals surface area contributed by atoms with Gasteiger partial charge in [-0.1, -0.05) is 13.8 Å². The van der Waals surface area contributed by atoms with Crippen LogP contribution in [0, 0.1) is 0 Å². The number of aliphatic hydroxyl groups is 2. The first-order valence-corrected chi connectivity index (χ1v) is 4.82. The fraction of sp³-hybridized carbons (Fsp3) is 1.00. The van der Waals surface area contributed by atoms with Gasteiger partial charge in [0.15, 0.2) is 0 Å². The van der Waals surface area contributed by atoms with Crippen LogP contribution in [0.25, 0.3) is 0 Å². The van der Waals surface area contributed by atoms with Crippen molar-refractivity contribution in [3.8, 4) is 0 Å². The molecule has 0 aromatic rings. The van der Waals surface area contributed by atoms with Gasteiger partial charge in [0.05, 0.1) is 0 Å². The Morgan fingerprint density at radius 3 is 1.73 bits per heavy atom. The maximum absolute atomic E-state index is 10.9. The molecule has 0 spiro atoms. The SMILES string of the molecule is CCN(CC)S(=O)(=O)C(O)O. The summed E-state index contributed by atoms with van der Waals surface area (Å²) < 4.78 is 22.8. The molecule has 0 fully saturated rings. The van der Waals surface area contributed by atoms with Crippen LogP contribution >= 0.6 is 0 Å². The van der Waals surface area contributed by atoms with E-state index in [0.29, 0.717) is 0 Å². The minimum absolute atomic E-state index is 0.246. The predicted octanol–water partition coefficient (Wildman–Crippen LogP) is -1.07. The average Bonchev–Trinajstić information content (AvgIpc) is 1.89. The molecule has 0 aliphatic carbocycles. The maximum atomic E-state index is 10.9. The van der Waals surface area contributed by atoms with Crippen molar-refractivity contribution in [1.82, 2.24) is 4.31 Å². The van der Waals surface area contributed by atoms with Crippen molar-refractivity contribution in [3.05, 3.63) is 0 Å². The van der Waals surface area contributed by atoms with Crippen LogP contribution in [0.3, 0.4) is 0 Å². The van der Waals surface area contributed by atoms with Crippen LogP contribution in [0.15, 0.2) is 0 Å². The van der Waals surface area contributed by atoms with Gasteiger partial charge in [-0.2, -0.15) is 4.31 Å². The fourth-order valence-electron chi connectivity index (χ4n) is 0.717. The van der Waals surface area contributed by atoms with Crippen LogP contribution < -0.4 is 0 Å². The van der Waals surface area contributed by atoms with Crippen molar-refractivity contribution in [2.24, 2.45) is 0 Å². The van der Waals surface area contributed by atoms with Crippen LogP contribution in [0.4, 0.5) is 0 Å². The van der Waals surface area contributed by atoms with E-state index in [9.17, 15) is 8.42 Å². The van der Waals surface area contributed by atoms with Gasteiger partial charge < -0.3 is 10.2 Å². The van der Waals surface area contributed by atoms with Gasteiger partial charge in [-0.3, -0.25) is 0 Å². The lowest BCUT2D eigenvalue weighted by Crippen LogP contribution is -2.38. The normalized spacial score (nSPS) is 12.9. The van der Waals surface area contributed by atoms with Gasteiger partial charge in [0.2, 0.25) is 0 Å². The molecule has 0 unspecified atom stereocenters. The number of aliphatic hydroxyl groups excluding tert-OH is 1. The van der Waals surface area contributed by atoms with Crippen LogP contribution in [0.2, 0.25) is 0 Å². The van der Waals surface area contributed by atoms with Gasteiger partial charge in [0, 0.05) is 13.1 Å². The first-order valence-electron chi connectivity index (χ1n) is 3.31. The Morgan fingerprint density at radius 2 is 1.64 bits per heavy atom. The molecule has 5 nitrogen and oxygen atoms in total. The van der Waals surface area contributed by atoms with Crippen LogP contribution in [0.5, 0.6) is 0 Å². The standard InChI is InChI=1S/C5H13NO4S/c1-3-6(4-2)11(9,10)5(7)8/h5,7-8H,3-4H2,1-2H3. The van der Waals surface area contributed by atoms with E-state index >= 15 is 0 Å². The summed E-state index contributed by atoms with van der Waals surface area (Å²) in [7, 11) is -3.89. The van der Waals surface area contributed by atoms with E-state index < -0.39 is 15.6 Å². The summed E-state index contributed by atoms with van der Waals surface area (Å²) in [6.45, 7) is 3.75. The molecule has 0 aliphatic rings. The third kappa shape index (κ3) is 2.41. The van der Waals surface area contributed by atoms with Gasteiger partial charge >= 0.3 is 0 Å². The Labute approximate surface area is 66.3 Å². The van der Waals surface area contributed by atoms with Crippen molar-refractivity contribution >= 4 is 10.0 Å². The van der Waals surface area contributed by atoms with E-state index in [4.69, 9.17) is 10.2 Å². The zero-order valence-corrected chi connectivity index (χ0v) is 7.37. The summed E-state index contributed by atoms with van der Waals surface area (Å²) in [6, 6.07) is 0. The second-order valence-electron chi connectivity index (χ2n) is 1.96. The van der Waals surface area contributed by atoms with Crippen molar-refractivity contribution in [2.75, 3.05) is 13.1 Å². The molecular formula is C5H13NO4S. The van der Waals surface area contributed by atoms with Gasteiger partial charge in [0.25, 0.3) is 15.6 Å². The average molecular weight is 183 g/mol. The molecule has 0 aromatic carbocycles. The van der Waals surface area contributed by atoms with E-state index in [1.165, 1.54) is 0 Å². The number of nitrogens with zero attached hydrogens (tertiary/aromatic N) is 1. The summed E-state index contributed by atoms with van der Waals surface area (Å²) >= 11 is 0. The third-order valence-corrected chi connectivity index (χ3v) is 3.10. The molecule has 0 saturated heterocycles. The molecule has 0 radical (unpaired) electrons. The third-order valence-electron chi connectivity index (χ3n) is 1.33. The molecule has 0 saturated carbocycles. The molecule has 0 heterocycles. The highest BCUT2D eigenvalue weighted by Crippen LogP contribution is 2.03. The van der Waals surface area contributed by atoms with E-state index in [-0.39, 0.29) is 13.1 Å². The van der Waals surface area contributed by atoms with E-state index in [0.717, 1.165) is 4.31 Å². The lowest BCUT2D eigenvalue weighted by Gasteiger charge is -2.18. The zero-order chi connectivity index (χ0) is 9.07. The van der Waals surface area contributed by atoms with Crippen LogP contribution in [-0.4, -0.2) is 41.6 Å². The molecule has 0 amide bonds. The second-order valence-corrected chi connectivity index (χ2v) is 3.92. The Morgan fingerprint density at radius 1 is 1.27 bits per heavy atom. The molecule has 68 valence electrons. The highest BCUT2D eigenvalue weighted by molar-refractivity contribution is 7.89. The summed E-state index contributed by atoms with van der Waals surface area (Å²) in [5.74, 6) is 0. The van der Waals surface area contributed by atoms with Crippen molar-refractivity contribution in [1.29, 1.82) is 0 Å². The monoisotopic (exact) mass is 183 g/mol. The smallest absolute Gasteiger partial charge is 0.273 e. The molecular weight excluding hydrogens is 170 g/mol. The van der Waals surface area contributed by atoms with Crippen LogP contribution in [-0.2, 0) is 10.0 Å². The van der Waals surface area contributed by atoms with Crippen molar-refractivity contribution in [2.45, 2.75) is 19.5 Å². The largest absolute Gasteiger partial charge is 0.355 e. The number of hydrogen-bond donors (Lipinski definition) is 2. The second kappa shape index (κ2) is 4.01. The first kappa shape index (κ1) is 10.8. The summed E-state index contributed by atoms with van der Waals surface area (Å²) in [4.78, 5) is 0. The summed E-state index contributed by atoms with van der Waals surface area (Å²) in [5.41, 5.74) is -2.30. The fourth-order valence-corrected chi connectivity index (χ4v) is 1.70. The minimum atomic E-state index is -3.89. The summed E-state index contributed by atoms with van der Waals surface area (Å²) in [6.07, 6.45) is 0. The van der Waals surface area contributed by atoms with Gasteiger partial charge in [-0.15, -0.1) is 0 Å². The lowest BCUT2D eigenvalue weighted by molar-refractivity contribution is 0.0258. The van der Waals surface area contributed by atoms with Crippen LogP contribution in [0.1, 0.15) is 13.8 Å². The molecule has 0 rings (SSSR count). The molecule has 0 bridgehead atoms. The van der Waals surface area contributed by atoms with E-state index in [1.54, 1.807) is 13.8 Å².